The van der Waals surface area contributed by atoms with Crippen LogP contribution in [-0.2, 0) is 4.79 Å². The molecule has 0 fully saturated rings. The number of rotatable bonds is 3. The summed E-state index contributed by atoms with van der Waals surface area (Å²) in [6.07, 6.45) is 0. The van der Waals surface area contributed by atoms with Gasteiger partial charge in [-0.3, -0.25) is 14.7 Å². The first-order valence-electron chi connectivity index (χ1n) is 5.17. The molecule has 0 aliphatic rings. The van der Waals surface area contributed by atoms with Gasteiger partial charge in [0, 0.05) is 14.1 Å². The number of aromatic amines is 1. The van der Waals surface area contributed by atoms with Gasteiger partial charge in [0.15, 0.2) is 5.69 Å². The van der Waals surface area contributed by atoms with Crippen LogP contribution in [0.2, 0.25) is 0 Å². The Morgan fingerprint density at radius 3 is 2.47 bits per heavy atom. The van der Waals surface area contributed by atoms with Crippen LogP contribution in [0.3, 0.4) is 0 Å². The second kappa shape index (κ2) is 4.86. The van der Waals surface area contributed by atoms with Crippen molar-refractivity contribution >= 4 is 17.5 Å². The number of nitrogens with two attached hydrogens (primary N) is 1. The topological polar surface area (TPSA) is 104 Å². The number of aromatic nitrogens is 2. The van der Waals surface area contributed by atoms with E-state index in [4.69, 9.17) is 5.73 Å². The number of likely N-dealkylation sites (N-methyl/N-ethyl adjacent to an activating group) is 1. The van der Waals surface area contributed by atoms with E-state index in [1.807, 2.05) is 0 Å². The van der Waals surface area contributed by atoms with Gasteiger partial charge in [0.05, 0.1) is 11.4 Å². The molecule has 94 valence electrons. The second-order valence-electron chi connectivity index (χ2n) is 4.04. The summed E-state index contributed by atoms with van der Waals surface area (Å²) in [6, 6.07) is -0.617. The van der Waals surface area contributed by atoms with Crippen molar-refractivity contribution in [3.05, 3.63) is 11.4 Å². The summed E-state index contributed by atoms with van der Waals surface area (Å²) in [5.41, 5.74) is 6.70. The third-order valence-electron chi connectivity index (χ3n) is 2.37. The van der Waals surface area contributed by atoms with Gasteiger partial charge in [-0.15, -0.1) is 0 Å². The zero-order valence-electron chi connectivity index (χ0n) is 10.4. The quantitative estimate of drug-likeness (QED) is 0.661. The predicted octanol–water partition coefficient (Wildman–Crippen LogP) is -0.493. The first kappa shape index (κ1) is 13.0. The van der Waals surface area contributed by atoms with Crippen LogP contribution in [0.1, 0.15) is 23.1 Å². The lowest BCUT2D eigenvalue weighted by molar-refractivity contribution is -0.130. The number of nitrogens with one attached hydrogen (secondary N) is 2. The van der Waals surface area contributed by atoms with Crippen molar-refractivity contribution in [1.29, 1.82) is 0 Å². The van der Waals surface area contributed by atoms with Crippen LogP contribution in [0.4, 0.5) is 5.69 Å². The number of aryl methyl sites for hydroxylation is 1. The van der Waals surface area contributed by atoms with Crippen LogP contribution >= 0.6 is 0 Å². The fraction of sp³-hybridized carbons (Fsp3) is 0.500. The number of anilines is 1. The average Bonchev–Trinajstić information content (AvgIpc) is 2.58. The number of amides is 2. The normalized spacial score (nSPS) is 12.0. The molecule has 0 aliphatic heterocycles. The highest BCUT2D eigenvalue weighted by Gasteiger charge is 2.21. The molecule has 1 atom stereocenters. The third kappa shape index (κ3) is 2.74. The maximum absolute atomic E-state index is 11.8. The van der Waals surface area contributed by atoms with E-state index in [0.29, 0.717) is 11.4 Å². The van der Waals surface area contributed by atoms with E-state index < -0.39 is 11.9 Å². The zero-order valence-corrected chi connectivity index (χ0v) is 10.4. The van der Waals surface area contributed by atoms with Crippen molar-refractivity contribution in [2.24, 2.45) is 0 Å². The van der Waals surface area contributed by atoms with Crippen molar-refractivity contribution in [3.63, 3.8) is 0 Å². The van der Waals surface area contributed by atoms with Crippen LogP contribution in [0.15, 0.2) is 0 Å². The highest BCUT2D eigenvalue weighted by atomic mass is 16.2. The van der Waals surface area contributed by atoms with Crippen LogP contribution < -0.4 is 11.1 Å². The maximum atomic E-state index is 11.8. The van der Waals surface area contributed by atoms with Gasteiger partial charge in [-0.25, -0.2) is 0 Å². The van der Waals surface area contributed by atoms with E-state index in [0.717, 1.165) is 0 Å². The lowest BCUT2D eigenvalue weighted by atomic mass is 10.2. The maximum Gasteiger partial charge on any atom is 0.274 e. The molecule has 1 heterocycles. The fourth-order valence-electron chi connectivity index (χ4n) is 1.32. The first-order chi connectivity index (χ1) is 7.84. The van der Waals surface area contributed by atoms with Crippen molar-refractivity contribution in [3.8, 4) is 0 Å². The molecular weight excluding hydrogens is 222 g/mol. The molecule has 1 rings (SSSR count). The Kier molecular flexibility index (Phi) is 3.72. The smallest absolute Gasteiger partial charge is 0.274 e. The number of carbonyl (C=O) groups excluding carboxylic acids is 2. The molecule has 17 heavy (non-hydrogen) atoms. The van der Waals surface area contributed by atoms with Crippen LogP contribution in [0.5, 0.6) is 0 Å². The number of nitrogens with zero attached hydrogens (tertiary/aromatic N) is 2. The Labute approximate surface area is 99.4 Å². The number of carbonyl (C=O) groups is 2. The first-order valence-corrected chi connectivity index (χ1v) is 5.17. The van der Waals surface area contributed by atoms with E-state index >= 15 is 0 Å². The van der Waals surface area contributed by atoms with E-state index in [1.165, 1.54) is 4.90 Å². The predicted molar refractivity (Wildman–Crippen MR) is 63.4 cm³/mol. The van der Waals surface area contributed by atoms with Crippen molar-refractivity contribution < 1.29 is 9.59 Å². The van der Waals surface area contributed by atoms with E-state index in [2.05, 4.69) is 15.5 Å². The summed E-state index contributed by atoms with van der Waals surface area (Å²) >= 11 is 0. The van der Waals surface area contributed by atoms with Crippen molar-refractivity contribution in [2.45, 2.75) is 19.9 Å². The molecule has 0 saturated heterocycles. The van der Waals surface area contributed by atoms with Crippen molar-refractivity contribution in [1.82, 2.24) is 20.4 Å². The summed E-state index contributed by atoms with van der Waals surface area (Å²) in [5.74, 6) is -0.654. The Morgan fingerprint density at radius 1 is 1.47 bits per heavy atom. The van der Waals surface area contributed by atoms with E-state index in [1.54, 1.807) is 27.9 Å². The van der Waals surface area contributed by atoms with Crippen LogP contribution in [0.25, 0.3) is 0 Å². The zero-order chi connectivity index (χ0) is 13.2. The molecular formula is C10H17N5O2. The summed E-state index contributed by atoms with van der Waals surface area (Å²) in [4.78, 5) is 24.7. The Balaban J connectivity index is 2.74. The highest BCUT2D eigenvalue weighted by molar-refractivity contribution is 5.99. The van der Waals surface area contributed by atoms with Gasteiger partial charge in [0.25, 0.3) is 5.91 Å². The number of H-pyrrole nitrogens is 1. The SMILES string of the molecule is Cc1[nH]nc(C(=O)NC(C)C(=O)N(C)C)c1N. The molecule has 7 heteroatoms. The lowest BCUT2D eigenvalue weighted by Crippen LogP contribution is -2.44. The molecule has 0 saturated carbocycles. The summed E-state index contributed by atoms with van der Waals surface area (Å²) in [6.45, 7) is 3.32. The number of hydrogen-bond donors (Lipinski definition) is 3. The van der Waals surface area contributed by atoms with Gasteiger partial charge in [0.2, 0.25) is 5.91 Å². The second-order valence-corrected chi connectivity index (χ2v) is 4.04. The summed E-state index contributed by atoms with van der Waals surface area (Å²) in [5, 5.41) is 8.94. The van der Waals surface area contributed by atoms with Gasteiger partial charge >= 0.3 is 0 Å². The molecule has 1 aromatic rings. The molecule has 7 nitrogen and oxygen atoms in total. The number of nitrogen functional groups attached to an aromatic ring is 1. The van der Waals surface area contributed by atoms with Gasteiger partial charge in [0.1, 0.15) is 6.04 Å². The third-order valence-corrected chi connectivity index (χ3v) is 2.37. The summed E-state index contributed by atoms with van der Waals surface area (Å²) < 4.78 is 0. The van der Waals surface area contributed by atoms with Crippen LogP contribution in [-0.4, -0.2) is 47.0 Å². The van der Waals surface area contributed by atoms with Crippen molar-refractivity contribution in [2.75, 3.05) is 19.8 Å². The lowest BCUT2D eigenvalue weighted by Gasteiger charge is -2.17. The molecule has 1 unspecified atom stereocenters. The molecule has 2 amide bonds. The molecule has 4 N–H and O–H groups in total. The van der Waals surface area contributed by atoms with E-state index in [-0.39, 0.29) is 11.6 Å². The highest BCUT2D eigenvalue weighted by Crippen LogP contribution is 2.12. The Hall–Kier alpha value is -2.05. The standard InChI is InChI=1S/C10H17N5O2/c1-5-7(11)8(14-13-5)9(16)12-6(2)10(17)15(3)4/h6H,11H2,1-4H3,(H,12,16)(H,13,14). The van der Waals surface area contributed by atoms with Gasteiger partial charge in [-0.2, -0.15) is 5.10 Å². The van der Waals surface area contributed by atoms with Crippen LogP contribution in [0, 0.1) is 6.92 Å². The van der Waals surface area contributed by atoms with Gasteiger partial charge in [-0.05, 0) is 13.8 Å². The molecule has 0 aliphatic carbocycles. The van der Waals surface area contributed by atoms with Gasteiger partial charge in [-0.1, -0.05) is 0 Å². The minimum atomic E-state index is -0.617. The summed E-state index contributed by atoms with van der Waals surface area (Å²) in [7, 11) is 3.25. The fourth-order valence-corrected chi connectivity index (χ4v) is 1.32. The molecule has 1 aromatic heterocycles. The Bertz CT molecular complexity index is 438. The Morgan fingerprint density at radius 2 is 2.06 bits per heavy atom. The minimum Gasteiger partial charge on any atom is -0.395 e. The molecule has 0 radical (unpaired) electrons. The monoisotopic (exact) mass is 239 g/mol. The minimum absolute atomic E-state index is 0.112. The largest absolute Gasteiger partial charge is 0.395 e. The molecule has 0 aromatic carbocycles. The molecule has 0 bridgehead atoms. The van der Waals surface area contributed by atoms with Gasteiger partial charge < -0.3 is 16.0 Å². The van der Waals surface area contributed by atoms with E-state index in [9.17, 15) is 9.59 Å². The average molecular weight is 239 g/mol. The molecule has 0 spiro atoms. The number of hydrogen-bond acceptors (Lipinski definition) is 4.